The molecular formula is C20H25BF2N2O4. The number of halogens is 2. The third-order valence-corrected chi connectivity index (χ3v) is 4.27. The Hall–Kier alpha value is -2.33. The first kappa shape index (κ1) is 23.0. The average Bonchev–Trinajstić information content (AvgIpc) is 2.56. The van der Waals surface area contributed by atoms with Crippen molar-refractivity contribution in [1.82, 2.24) is 10.4 Å². The normalized spacial score (nSPS) is 12.6. The van der Waals surface area contributed by atoms with Crippen LogP contribution in [0.1, 0.15) is 54.0 Å². The maximum atomic E-state index is 14.3. The highest BCUT2D eigenvalue weighted by atomic mass is 19.1. The highest BCUT2D eigenvalue weighted by Crippen LogP contribution is 2.23. The molecule has 9 heteroatoms. The van der Waals surface area contributed by atoms with Crippen molar-refractivity contribution in [1.29, 1.82) is 0 Å². The summed E-state index contributed by atoms with van der Waals surface area (Å²) in [7, 11) is -2.06. The van der Waals surface area contributed by atoms with Crippen molar-refractivity contribution in [3.8, 4) is 0 Å². The maximum absolute atomic E-state index is 14.3. The van der Waals surface area contributed by atoms with Crippen molar-refractivity contribution in [3.63, 3.8) is 0 Å². The zero-order chi connectivity index (χ0) is 22.1. The lowest BCUT2D eigenvalue weighted by Crippen LogP contribution is -2.55. The summed E-state index contributed by atoms with van der Waals surface area (Å²) >= 11 is 0. The van der Waals surface area contributed by atoms with Gasteiger partial charge in [-0.1, -0.05) is 17.2 Å². The Morgan fingerprint density at radius 3 is 1.93 bits per heavy atom. The third kappa shape index (κ3) is 5.39. The standard InChI is InChI=1S/C20H25BF2N2O4/c1-11-6-12(2)8-13(7-11)19(27)25(20(3,4)5)24-18(26)17-15(22)9-14(21(28)29)10-16(17)23/h6-10,18,24,26,28-29H,1-5H3. The van der Waals surface area contributed by atoms with Crippen LogP contribution in [0.25, 0.3) is 0 Å². The molecule has 0 aromatic heterocycles. The van der Waals surface area contributed by atoms with Crippen molar-refractivity contribution < 1.29 is 28.7 Å². The number of nitrogens with one attached hydrogen (secondary N) is 1. The van der Waals surface area contributed by atoms with Gasteiger partial charge in [0, 0.05) is 5.56 Å². The van der Waals surface area contributed by atoms with E-state index in [-0.39, 0.29) is 0 Å². The van der Waals surface area contributed by atoms with Gasteiger partial charge < -0.3 is 15.2 Å². The van der Waals surface area contributed by atoms with Crippen molar-refractivity contribution in [2.45, 2.75) is 46.4 Å². The molecule has 0 heterocycles. The Morgan fingerprint density at radius 1 is 1.03 bits per heavy atom. The Morgan fingerprint density at radius 2 is 1.52 bits per heavy atom. The molecule has 0 aliphatic heterocycles. The Bertz CT molecular complexity index is 873. The second kappa shape index (κ2) is 8.58. The van der Waals surface area contributed by atoms with Gasteiger partial charge in [0.25, 0.3) is 5.91 Å². The molecule has 2 rings (SSSR count). The first-order valence-electron chi connectivity index (χ1n) is 9.03. The molecule has 29 heavy (non-hydrogen) atoms. The minimum Gasteiger partial charge on any atom is -0.423 e. The SMILES string of the molecule is Cc1cc(C)cc(C(=O)N(NC(O)c2c(F)cc(B(O)O)cc2F)C(C)(C)C)c1. The van der Waals surface area contributed by atoms with Gasteiger partial charge >= 0.3 is 7.12 Å². The van der Waals surface area contributed by atoms with E-state index in [1.807, 2.05) is 19.9 Å². The Kier molecular flexibility index (Phi) is 6.80. The van der Waals surface area contributed by atoms with Crippen LogP contribution in [0.5, 0.6) is 0 Å². The second-order valence-electron chi connectivity index (χ2n) is 7.99. The number of hydrazine groups is 1. The number of rotatable bonds is 5. The summed E-state index contributed by atoms with van der Waals surface area (Å²) in [6.07, 6.45) is -1.89. The summed E-state index contributed by atoms with van der Waals surface area (Å²) in [5.41, 5.74) is 2.60. The molecule has 156 valence electrons. The van der Waals surface area contributed by atoms with Gasteiger partial charge in [0.05, 0.1) is 11.1 Å². The molecule has 0 saturated carbocycles. The van der Waals surface area contributed by atoms with Crippen LogP contribution < -0.4 is 10.9 Å². The van der Waals surface area contributed by atoms with Crippen LogP contribution >= 0.6 is 0 Å². The summed E-state index contributed by atoms with van der Waals surface area (Å²) < 4.78 is 28.7. The zero-order valence-corrected chi connectivity index (χ0v) is 17.0. The van der Waals surface area contributed by atoms with E-state index in [9.17, 15) is 18.7 Å². The highest BCUT2D eigenvalue weighted by molar-refractivity contribution is 6.58. The zero-order valence-electron chi connectivity index (χ0n) is 17.0. The number of hydrogen-bond acceptors (Lipinski definition) is 5. The molecule has 0 aliphatic rings. The van der Waals surface area contributed by atoms with Crippen LogP contribution in [-0.2, 0) is 0 Å². The van der Waals surface area contributed by atoms with E-state index in [0.717, 1.165) is 16.1 Å². The van der Waals surface area contributed by atoms with Gasteiger partial charge in [-0.05, 0) is 64.3 Å². The lowest BCUT2D eigenvalue weighted by atomic mass is 9.79. The summed E-state index contributed by atoms with van der Waals surface area (Å²) in [5, 5.41) is 29.7. The first-order chi connectivity index (χ1) is 13.3. The van der Waals surface area contributed by atoms with E-state index in [1.165, 1.54) is 0 Å². The van der Waals surface area contributed by atoms with Crippen LogP contribution in [0.2, 0.25) is 0 Å². The monoisotopic (exact) mass is 406 g/mol. The smallest absolute Gasteiger partial charge is 0.423 e. The van der Waals surface area contributed by atoms with E-state index in [4.69, 9.17) is 10.0 Å². The van der Waals surface area contributed by atoms with E-state index in [1.54, 1.807) is 32.9 Å². The molecule has 0 spiro atoms. The van der Waals surface area contributed by atoms with E-state index >= 15 is 0 Å². The number of benzene rings is 2. The minimum atomic E-state index is -2.06. The quantitative estimate of drug-likeness (QED) is 0.345. The number of nitrogens with zero attached hydrogens (tertiary/aromatic N) is 1. The van der Waals surface area contributed by atoms with Gasteiger partial charge in [0.2, 0.25) is 0 Å². The largest absolute Gasteiger partial charge is 0.488 e. The van der Waals surface area contributed by atoms with Gasteiger partial charge in [0.15, 0.2) is 6.23 Å². The summed E-state index contributed by atoms with van der Waals surface area (Å²) in [6.45, 7) is 8.78. The molecule has 1 amide bonds. The minimum absolute atomic E-state index is 0.358. The molecular weight excluding hydrogens is 381 g/mol. The second-order valence-corrected chi connectivity index (χ2v) is 7.99. The number of carbonyl (C=O) groups excluding carboxylic acids is 1. The molecule has 1 unspecified atom stereocenters. The van der Waals surface area contributed by atoms with Gasteiger partial charge in [-0.15, -0.1) is 0 Å². The number of aliphatic hydroxyl groups excluding tert-OH is 1. The molecule has 2 aromatic rings. The van der Waals surface area contributed by atoms with Crippen LogP contribution in [-0.4, -0.2) is 38.7 Å². The first-order valence-corrected chi connectivity index (χ1v) is 9.03. The van der Waals surface area contributed by atoms with E-state index < -0.39 is 47.5 Å². The van der Waals surface area contributed by atoms with E-state index in [0.29, 0.717) is 17.7 Å². The number of hydrogen-bond donors (Lipinski definition) is 4. The lowest BCUT2D eigenvalue weighted by molar-refractivity contribution is -0.0103. The van der Waals surface area contributed by atoms with Crippen molar-refractivity contribution >= 4 is 18.5 Å². The molecule has 0 aliphatic carbocycles. The highest BCUT2D eigenvalue weighted by Gasteiger charge is 2.32. The van der Waals surface area contributed by atoms with Crippen LogP contribution in [0, 0.1) is 25.5 Å². The van der Waals surface area contributed by atoms with Crippen LogP contribution in [0.3, 0.4) is 0 Å². The summed E-state index contributed by atoms with van der Waals surface area (Å²) in [5.74, 6) is -2.84. The fourth-order valence-electron chi connectivity index (χ4n) is 2.99. The Balaban J connectivity index is 2.40. The van der Waals surface area contributed by atoms with Gasteiger partial charge in [-0.3, -0.25) is 9.80 Å². The molecule has 0 saturated heterocycles. The number of aryl methyl sites for hydroxylation is 2. The molecule has 4 N–H and O–H groups in total. The lowest BCUT2D eigenvalue weighted by Gasteiger charge is -2.37. The molecule has 1 atom stereocenters. The van der Waals surface area contributed by atoms with Crippen molar-refractivity contribution in [3.05, 3.63) is 64.2 Å². The molecule has 0 fully saturated rings. The number of aliphatic hydroxyl groups is 1. The topological polar surface area (TPSA) is 93.0 Å². The van der Waals surface area contributed by atoms with Gasteiger partial charge in [0.1, 0.15) is 11.6 Å². The third-order valence-electron chi connectivity index (χ3n) is 4.27. The maximum Gasteiger partial charge on any atom is 0.488 e. The fourth-order valence-corrected chi connectivity index (χ4v) is 2.99. The van der Waals surface area contributed by atoms with Gasteiger partial charge in [-0.25, -0.2) is 8.78 Å². The predicted octanol–water partition coefficient (Wildman–Crippen LogP) is 1.70. The van der Waals surface area contributed by atoms with Gasteiger partial charge in [-0.2, -0.15) is 5.43 Å². The molecule has 6 nitrogen and oxygen atoms in total. The Labute approximate surface area is 168 Å². The number of amides is 1. The summed E-state index contributed by atoms with van der Waals surface area (Å²) in [4.78, 5) is 13.1. The fraction of sp³-hybridized carbons (Fsp3) is 0.350. The predicted molar refractivity (Wildman–Crippen MR) is 106 cm³/mol. The van der Waals surface area contributed by atoms with Crippen LogP contribution in [0.4, 0.5) is 8.78 Å². The van der Waals surface area contributed by atoms with E-state index in [2.05, 4.69) is 5.43 Å². The van der Waals surface area contributed by atoms with Crippen LogP contribution in [0.15, 0.2) is 30.3 Å². The molecule has 0 radical (unpaired) electrons. The molecule has 2 aromatic carbocycles. The van der Waals surface area contributed by atoms with Crippen molar-refractivity contribution in [2.75, 3.05) is 0 Å². The van der Waals surface area contributed by atoms with Crippen molar-refractivity contribution in [2.24, 2.45) is 0 Å². The molecule has 0 bridgehead atoms. The average molecular weight is 406 g/mol. The number of carbonyl (C=O) groups is 1. The summed E-state index contributed by atoms with van der Waals surface area (Å²) in [6, 6.07) is 6.69.